The van der Waals surface area contributed by atoms with Gasteiger partial charge in [-0.25, -0.2) is 4.98 Å². The summed E-state index contributed by atoms with van der Waals surface area (Å²) in [5.74, 6) is 0. The van der Waals surface area contributed by atoms with Gasteiger partial charge in [-0.15, -0.1) is 11.7 Å². The zero-order valence-electron chi connectivity index (χ0n) is 5.94. The summed E-state index contributed by atoms with van der Waals surface area (Å²) in [6.45, 7) is 0. The van der Waals surface area contributed by atoms with Crippen molar-refractivity contribution < 1.29 is 0 Å². The molecule has 0 aliphatic rings. The number of rotatable bonds is 1. The van der Waals surface area contributed by atoms with E-state index >= 15 is 0 Å². The van der Waals surface area contributed by atoms with Crippen LogP contribution < -0.4 is 0 Å². The number of halogens is 1. The fourth-order valence-corrected chi connectivity index (χ4v) is 1.71. The van der Waals surface area contributed by atoms with Gasteiger partial charge in [-0.1, -0.05) is 11.6 Å². The number of fused-ring (bicyclic) bond motifs is 1. The highest BCUT2D eigenvalue weighted by atomic mass is 35.5. The second kappa shape index (κ2) is 3.20. The molecule has 0 amide bonds. The number of nitrogens with zero attached hydrogens (tertiary/aromatic N) is 2. The van der Waals surface area contributed by atoms with Crippen molar-refractivity contribution in [3.05, 3.63) is 29.5 Å². The van der Waals surface area contributed by atoms with Crippen molar-refractivity contribution in [2.45, 2.75) is 5.03 Å². The van der Waals surface area contributed by atoms with Crippen molar-refractivity contribution in [3.8, 4) is 0 Å². The molecule has 2 rings (SSSR count). The number of aromatic nitrogens is 2. The SMILES string of the molecule is SSc1cn2cc(Cl)ccc2n1. The molecule has 2 aromatic rings. The van der Waals surface area contributed by atoms with Gasteiger partial charge in [-0.2, -0.15) is 0 Å². The lowest BCUT2D eigenvalue weighted by Crippen LogP contribution is -1.79. The van der Waals surface area contributed by atoms with E-state index in [1.807, 2.05) is 28.9 Å². The molecule has 0 aromatic carbocycles. The molecule has 0 N–H and O–H groups in total. The summed E-state index contributed by atoms with van der Waals surface area (Å²) in [5, 5.41) is 1.58. The molecule has 0 fully saturated rings. The molecule has 12 heavy (non-hydrogen) atoms. The van der Waals surface area contributed by atoms with Crippen molar-refractivity contribution in [3.63, 3.8) is 0 Å². The van der Waals surface area contributed by atoms with Crippen LogP contribution in [0.5, 0.6) is 0 Å². The monoisotopic (exact) mass is 216 g/mol. The molecule has 0 saturated heterocycles. The van der Waals surface area contributed by atoms with E-state index in [1.165, 1.54) is 10.8 Å². The molecule has 5 heteroatoms. The second-order valence-corrected chi connectivity index (χ2v) is 3.87. The number of thiol groups is 1. The maximum absolute atomic E-state index is 5.80. The molecule has 0 aliphatic carbocycles. The van der Waals surface area contributed by atoms with Gasteiger partial charge >= 0.3 is 0 Å². The Labute approximate surface area is 83.8 Å². The van der Waals surface area contributed by atoms with Crippen molar-refractivity contribution in [1.82, 2.24) is 9.38 Å². The van der Waals surface area contributed by atoms with Crippen molar-refractivity contribution in [1.29, 1.82) is 0 Å². The Balaban J connectivity index is 2.67. The Bertz CT molecular complexity index is 413. The molecule has 62 valence electrons. The van der Waals surface area contributed by atoms with Gasteiger partial charge < -0.3 is 4.40 Å². The summed E-state index contributed by atoms with van der Waals surface area (Å²) in [7, 11) is 1.32. The van der Waals surface area contributed by atoms with Crippen LogP contribution in [-0.4, -0.2) is 9.38 Å². The molecule has 0 saturated carbocycles. The number of pyridine rings is 1. The van der Waals surface area contributed by atoms with Gasteiger partial charge in [0.25, 0.3) is 0 Å². The van der Waals surface area contributed by atoms with Crippen LogP contribution in [-0.2, 0) is 0 Å². The fourth-order valence-electron chi connectivity index (χ4n) is 0.985. The molecule has 0 radical (unpaired) electrons. The van der Waals surface area contributed by atoms with Gasteiger partial charge in [-0.05, 0) is 22.9 Å². The van der Waals surface area contributed by atoms with E-state index in [9.17, 15) is 0 Å². The molecule has 0 atom stereocenters. The first-order chi connectivity index (χ1) is 5.79. The maximum atomic E-state index is 5.80. The minimum atomic E-state index is 0.704. The fraction of sp³-hybridized carbons (Fsp3) is 0. The summed E-state index contributed by atoms with van der Waals surface area (Å²) < 4.78 is 1.88. The number of imidazole rings is 1. The van der Waals surface area contributed by atoms with Crippen LogP contribution in [0.15, 0.2) is 29.6 Å². The summed E-state index contributed by atoms with van der Waals surface area (Å²) in [6.07, 6.45) is 3.70. The topological polar surface area (TPSA) is 17.3 Å². The first kappa shape index (κ1) is 8.29. The maximum Gasteiger partial charge on any atom is 0.138 e. The van der Waals surface area contributed by atoms with Crippen LogP contribution in [0.1, 0.15) is 0 Å². The van der Waals surface area contributed by atoms with E-state index in [1.54, 1.807) is 0 Å². The molecule has 0 unspecified atom stereocenters. The lowest BCUT2D eigenvalue weighted by atomic mass is 10.5. The zero-order valence-corrected chi connectivity index (χ0v) is 8.40. The average Bonchev–Trinajstić information content (AvgIpc) is 2.46. The summed E-state index contributed by atoms with van der Waals surface area (Å²) in [5.41, 5.74) is 0.885. The van der Waals surface area contributed by atoms with Gasteiger partial charge in [0.2, 0.25) is 0 Å². The van der Waals surface area contributed by atoms with Crippen LogP contribution in [0.2, 0.25) is 5.02 Å². The quantitative estimate of drug-likeness (QED) is 0.583. The standard InChI is InChI=1S/C7H5ClN2S2/c8-5-1-2-6-9-7(12-11)4-10(6)3-5/h1-4,11H. The van der Waals surface area contributed by atoms with Gasteiger partial charge in [-0.3, -0.25) is 0 Å². The molecular formula is C7H5ClN2S2. The Morgan fingerprint density at radius 1 is 1.42 bits per heavy atom. The Morgan fingerprint density at radius 2 is 2.25 bits per heavy atom. The first-order valence-electron chi connectivity index (χ1n) is 3.25. The summed E-state index contributed by atoms with van der Waals surface area (Å²) in [6, 6.07) is 3.69. The predicted octanol–water partition coefficient (Wildman–Crippen LogP) is 2.92. The minimum absolute atomic E-state index is 0.704. The average molecular weight is 217 g/mol. The van der Waals surface area contributed by atoms with Crippen molar-refractivity contribution in [2.24, 2.45) is 0 Å². The van der Waals surface area contributed by atoms with E-state index in [0.29, 0.717) is 5.02 Å². The Kier molecular flexibility index (Phi) is 2.21. The van der Waals surface area contributed by atoms with Gasteiger partial charge in [0, 0.05) is 12.4 Å². The van der Waals surface area contributed by atoms with E-state index in [0.717, 1.165) is 10.7 Å². The van der Waals surface area contributed by atoms with E-state index in [2.05, 4.69) is 16.6 Å². The van der Waals surface area contributed by atoms with E-state index in [-0.39, 0.29) is 0 Å². The van der Waals surface area contributed by atoms with Gasteiger partial charge in [0.1, 0.15) is 10.7 Å². The van der Waals surface area contributed by atoms with Crippen LogP contribution in [0.25, 0.3) is 5.65 Å². The van der Waals surface area contributed by atoms with Crippen LogP contribution in [0.3, 0.4) is 0 Å². The molecule has 2 heterocycles. The van der Waals surface area contributed by atoms with Crippen LogP contribution in [0, 0.1) is 0 Å². The number of hydrogen-bond donors (Lipinski definition) is 1. The molecule has 2 nitrogen and oxygen atoms in total. The lowest BCUT2D eigenvalue weighted by Gasteiger charge is -1.91. The molecule has 2 aromatic heterocycles. The largest absolute Gasteiger partial charge is 0.304 e. The van der Waals surface area contributed by atoms with E-state index in [4.69, 9.17) is 11.6 Å². The Morgan fingerprint density at radius 3 is 3.00 bits per heavy atom. The second-order valence-electron chi connectivity index (χ2n) is 2.28. The van der Waals surface area contributed by atoms with Crippen LogP contribution in [0.4, 0.5) is 0 Å². The summed E-state index contributed by atoms with van der Waals surface area (Å²) >= 11 is 9.85. The molecule has 0 bridgehead atoms. The van der Waals surface area contributed by atoms with Crippen LogP contribution >= 0.6 is 34.1 Å². The minimum Gasteiger partial charge on any atom is -0.304 e. The highest BCUT2D eigenvalue weighted by Gasteiger charge is 1.99. The van der Waals surface area contributed by atoms with Gasteiger partial charge in [0.05, 0.1) is 5.02 Å². The molecular weight excluding hydrogens is 212 g/mol. The van der Waals surface area contributed by atoms with Gasteiger partial charge in [0.15, 0.2) is 0 Å². The zero-order chi connectivity index (χ0) is 8.55. The normalized spacial score (nSPS) is 10.8. The smallest absolute Gasteiger partial charge is 0.138 e. The predicted molar refractivity (Wildman–Crippen MR) is 55.0 cm³/mol. The van der Waals surface area contributed by atoms with E-state index < -0.39 is 0 Å². The first-order valence-corrected chi connectivity index (χ1v) is 5.50. The third kappa shape index (κ3) is 1.42. The highest BCUT2D eigenvalue weighted by Crippen LogP contribution is 2.21. The lowest BCUT2D eigenvalue weighted by molar-refractivity contribution is 1.18. The third-order valence-corrected chi connectivity index (χ3v) is 2.65. The highest BCUT2D eigenvalue weighted by molar-refractivity contribution is 8.68. The number of hydrogen-bond acceptors (Lipinski definition) is 3. The Hall–Kier alpha value is -0.320. The van der Waals surface area contributed by atoms with Crippen molar-refractivity contribution >= 4 is 39.7 Å². The molecule has 0 spiro atoms. The molecule has 0 aliphatic heterocycles. The summed E-state index contributed by atoms with van der Waals surface area (Å²) in [4.78, 5) is 4.26. The third-order valence-electron chi connectivity index (χ3n) is 1.49. The van der Waals surface area contributed by atoms with Crippen molar-refractivity contribution in [2.75, 3.05) is 0 Å².